The van der Waals surface area contributed by atoms with Crippen LogP contribution >= 0.6 is 0 Å². The highest BCUT2D eigenvalue weighted by Gasteiger charge is 2.33. The second kappa shape index (κ2) is 4.55. The number of hydrogen-bond donors (Lipinski definition) is 2. The fraction of sp³-hybridized carbons (Fsp3) is 0.267. The Morgan fingerprint density at radius 1 is 1.26 bits per heavy atom. The van der Waals surface area contributed by atoms with E-state index >= 15 is 0 Å². The van der Waals surface area contributed by atoms with Gasteiger partial charge < -0.3 is 15.1 Å². The van der Waals surface area contributed by atoms with E-state index in [9.17, 15) is 0 Å². The van der Waals surface area contributed by atoms with E-state index in [1.165, 1.54) is 0 Å². The van der Waals surface area contributed by atoms with Crippen molar-refractivity contribution in [1.29, 1.82) is 0 Å². The number of nitrogens with one attached hydrogen (secondary N) is 2. The van der Waals surface area contributed by atoms with E-state index < -0.39 is 0 Å². The summed E-state index contributed by atoms with van der Waals surface area (Å²) >= 11 is 0. The third kappa shape index (κ3) is 1.94. The van der Waals surface area contributed by atoms with Crippen molar-refractivity contribution in [3.63, 3.8) is 0 Å². The molecule has 1 aromatic carbocycles. The molecule has 2 N–H and O–H groups in total. The molecule has 1 atom stereocenters. The molecule has 98 valence electrons. The van der Waals surface area contributed by atoms with Gasteiger partial charge in [-0.3, -0.25) is 0 Å². The molecule has 1 aliphatic carbocycles. The smallest absolute Gasteiger partial charge is 0.220 e. The average Bonchev–Trinajstić information content (AvgIpc) is 2.92. The van der Waals surface area contributed by atoms with Crippen molar-refractivity contribution in [3.05, 3.63) is 54.1 Å². The second-order valence-electron chi connectivity index (χ2n) is 4.66. The molecule has 1 heterocycles. The number of para-hydroxylation sites is 2. The maximum atomic E-state index is 5.90. The van der Waals surface area contributed by atoms with Crippen molar-refractivity contribution in [2.45, 2.75) is 12.0 Å². The molecule has 1 aliphatic rings. The summed E-state index contributed by atoms with van der Waals surface area (Å²) in [5, 5.41) is 6.46. The molecule has 4 nitrogen and oxygen atoms in total. The second-order valence-corrected chi connectivity index (χ2v) is 4.66. The molecule has 0 fully saturated rings. The van der Waals surface area contributed by atoms with Gasteiger partial charge in [0.25, 0.3) is 0 Å². The van der Waals surface area contributed by atoms with Crippen LogP contribution in [0.3, 0.4) is 0 Å². The molecular weight excluding hydrogens is 238 g/mol. The van der Waals surface area contributed by atoms with Gasteiger partial charge in [-0.15, -0.1) is 0 Å². The summed E-state index contributed by atoms with van der Waals surface area (Å²) in [5.41, 5.74) is 2.47. The highest BCUT2D eigenvalue weighted by molar-refractivity contribution is 5.72. The maximum Gasteiger partial charge on any atom is 0.220 e. The van der Waals surface area contributed by atoms with E-state index in [0.29, 0.717) is 5.89 Å². The Labute approximate surface area is 112 Å². The molecule has 0 aliphatic heterocycles. The van der Waals surface area contributed by atoms with Gasteiger partial charge in [0.05, 0.1) is 0 Å². The van der Waals surface area contributed by atoms with Gasteiger partial charge in [0, 0.05) is 12.7 Å². The van der Waals surface area contributed by atoms with Gasteiger partial charge in [0.1, 0.15) is 11.1 Å². The number of rotatable bonds is 3. The van der Waals surface area contributed by atoms with Crippen molar-refractivity contribution in [2.24, 2.45) is 0 Å². The van der Waals surface area contributed by atoms with Gasteiger partial charge in [-0.1, -0.05) is 24.3 Å². The fourth-order valence-electron chi connectivity index (χ4n) is 2.34. The zero-order valence-corrected chi connectivity index (χ0v) is 11.1. The van der Waals surface area contributed by atoms with Crippen LogP contribution in [-0.2, 0) is 5.54 Å². The van der Waals surface area contributed by atoms with Crippen LogP contribution in [0.15, 0.2) is 52.6 Å². The molecule has 0 saturated heterocycles. The van der Waals surface area contributed by atoms with Crippen LogP contribution in [-0.4, -0.2) is 19.1 Å². The molecule has 0 saturated carbocycles. The monoisotopic (exact) mass is 255 g/mol. The topological polar surface area (TPSA) is 50.1 Å². The van der Waals surface area contributed by atoms with Crippen LogP contribution in [0, 0.1) is 0 Å². The molecule has 1 aromatic heterocycles. The lowest BCUT2D eigenvalue weighted by atomic mass is 9.90. The van der Waals surface area contributed by atoms with Crippen LogP contribution in [0.5, 0.6) is 0 Å². The molecular formula is C15H17N3O. The number of hydrogen-bond acceptors (Lipinski definition) is 4. The van der Waals surface area contributed by atoms with Crippen molar-refractivity contribution in [1.82, 2.24) is 15.6 Å². The number of aromatic nitrogens is 1. The number of nitrogens with zero attached hydrogens (tertiary/aromatic N) is 1. The summed E-state index contributed by atoms with van der Waals surface area (Å²) in [6, 6.07) is 7.83. The maximum absolute atomic E-state index is 5.90. The Morgan fingerprint density at radius 3 is 2.74 bits per heavy atom. The first kappa shape index (κ1) is 12.0. The number of oxazole rings is 1. The van der Waals surface area contributed by atoms with Crippen LogP contribution in [0.1, 0.15) is 12.3 Å². The molecule has 4 heteroatoms. The largest absolute Gasteiger partial charge is 0.438 e. The highest BCUT2D eigenvalue weighted by Crippen LogP contribution is 2.32. The average molecular weight is 255 g/mol. The van der Waals surface area contributed by atoms with E-state index in [2.05, 4.69) is 33.8 Å². The molecule has 0 amide bonds. The molecule has 1 unspecified atom stereocenters. The highest BCUT2D eigenvalue weighted by atomic mass is 16.4. The van der Waals surface area contributed by atoms with Crippen molar-refractivity contribution >= 4 is 11.1 Å². The van der Waals surface area contributed by atoms with Crippen LogP contribution in [0.2, 0.25) is 0 Å². The summed E-state index contributed by atoms with van der Waals surface area (Å²) < 4.78 is 5.90. The number of fused-ring (bicyclic) bond motifs is 1. The normalized spacial score (nSPS) is 22.5. The minimum Gasteiger partial charge on any atom is -0.438 e. The minimum absolute atomic E-state index is 0.362. The first-order valence-corrected chi connectivity index (χ1v) is 6.39. The van der Waals surface area contributed by atoms with E-state index in [-0.39, 0.29) is 5.54 Å². The Bertz CT molecular complexity index is 623. The van der Waals surface area contributed by atoms with Crippen molar-refractivity contribution < 1.29 is 4.42 Å². The SMILES string of the molecule is CNC1=CCC(NC)(c2nc3ccccc3o2)C=C1. The predicted molar refractivity (Wildman–Crippen MR) is 75.6 cm³/mol. The van der Waals surface area contributed by atoms with Gasteiger partial charge in [0.15, 0.2) is 5.58 Å². The fourth-order valence-corrected chi connectivity index (χ4v) is 2.34. The van der Waals surface area contributed by atoms with Crippen molar-refractivity contribution in [2.75, 3.05) is 14.1 Å². The Balaban J connectivity index is 2.03. The van der Waals surface area contributed by atoms with E-state index in [0.717, 1.165) is 23.2 Å². The zero-order chi connectivity index (χ0) is 13.3. The molecule has 3 rings (SSSR count). The molecule has 19 heavy (non-hydrogen) atoms. The van der Waals surface area contributed by atoms with Crippen LogP contribution < -0.4 is 10.6 Å². The van der Waals surface area contributed by atoms with Crippen LogP contribution in [0.4, 0.5) is 0 Å². The Morgan fingerprint density at radius 2 is 2.11 bits per heavy atom. The van der Waals surface area contributed by atoms with E-state index in [1.54, 1.807) is 0 Å². The third-order valence-corrected chi connectivity index (χ3v) is 3.60. The Hall–Kier alpha value is -2.07. The first-order chi connectivity index (χ1) is 9.27. The van der Waals surface area contributed by atoms with Gasteiger partial charge in [0.2, 0.25) is 5.89 Å². The Kier molecular flexibility index (Phi) is 2.87. The number of allylic oxidation sites excluding steroid dienone is 1. The predicted octanol–water partition coefficient (Wildman–Crippen LogP) is 2.31. The summed E-state index contributed by atoms with van der Waals surface area (Å²) in [6.45, 7) is 0. The molecule has 0 radical (unpaired) electrons. The van der Waals surface area contributed by atoms with Gasteiger partial charge >= 0.3 is 0 Å². The third-order valence-electron chi connectivity index (χ3n) is 3.60. The summed E-state index contributed by atoms with van der Waals surface area (Å²) in [5.74, 6) is 0.707. The summed E-state index contributed by atoms with van der Waals surface area (Å²) in [7, 11) is 3.85. The lowest BCUT2D eigenvalue weighted by molar-refractivity contribution is 0.348. The van der Waals surface area contributed by atoms with Gasteiger partial charge in [-0.05, 0) is 31.7 Å². The molecule has 2 aromatic rings. The first-order valence-electron chi connectivity index (χ1n) is 6.39. The van der Waals surface area contributed by atoms with E-state index in [4.69, 9.17) is 4.42 Å². The standard InChI is InChI=1S/C15H17N3O/c1-16-11-7-9-15(17-2,10-8-11)14-18-12-5-3-4-6-13(12)19-14/h3-9,16-17H,10H2,1-2H3. The minimum atomic E-state index is -0.362. The van der Waals surface area contributed by atoms with Crippen LogP contribution in [0.25, 0.3) is 11.1 Å². The number of likely N-dealkylation sites (N-methyl/N-ethyl adjacent to an activating group) is 2. The zero-order valence-electron chi connectivity index (χ0n) is 11.1. The van der Waals surface area contributed by atoms with Crippen molar-refractivity contribution in [3.8, 4) is 0 Å². The summed E-state index contributed by atoms with van der Waals surface area (Å²) in [4.78, 5) is 4.60. The van der Waals surface area contributed by atoms with Gasteiger partial charge in [-0.2, -0.15) is 0 Å². The summed E-state index contributed by atoms with van der Waals surface area (Å²) in [6.07, 6.45) is 7.10. The molecule has 0 bridgehead atoms. The van der Waals surface area contributed by atoms with E-state index in [1.807, 2.05) is 38.4 Å². The number of benzene rings is 1. The lowest BCUT2D eigenvalue weighted by Crippen LogP contribution is -2.39. The molecule has 0 spiro atoms. The van der Waals surface area contributed by atoms with Gasteiger partial charge in [-0.25, -0.2) is 4.98 Å². The lowest BCUT2D eigenvalue weighted by Gasteiger charge is -2.28. The quantitative estimate of drug-likeness (QED) is 0.883.